The lowest BCUT2D eigenvalue weighted by molar-refractivity contribution is -0.154. The lowest BCUT2D eigenvalue weighted by atomic mass is 9.86. The van der Waals surface area contributed by atoms with Crippen LogP contribution in [0.15, 0.2) is 34.5 Å². The van der Waals surface area contributed by atoms with Gasteiger partial charge < -0.3 is 26.1 Å². The summed E-state index contributed by atoms with van der Waals surface area (Å²) < 4.78 is 0. The first-order valence-corrected chi connectivity index (χ1v) is 11.5. The topological polar surface area (TPSA) is 185 Å². The van der Waals surface area contributed by atoms with Gasteiger partial charge in [0.25, 0.3) is 5.91 Å². The summed E-state index contributed by atoms with van der Waals surface area (Å²) in [6, 6.07) is -0.733. The predicted molar refractivity (Wildman–Crippen MR) is 127 cm³/mol. The highest BCUT2D eigenvalue weighted by Crippen LogP contribution is 2.38. The number of aliphatic carboxylic acids is 2. The third-order valence-electron chi connectivity index (χ3n) is 5.00. The van der Waals surface area contributed by atoms with E-state index in [0.29, 0.717) is 18.4 Å². The molecule has 1 aliphatic rings. The average molecular weight is 512 g/mol. The number of amides is 2. The van der Waals surface area contributed by atoms with E-state index in [1.165, 1.54) is 11.5 Å². The van der Waals surface area contributed by atoms with E-state index in [2.05, 4.69) is 34.7 Å². The highest BCUT2D eigenvalue weighted by molar-refractivity contribution is 7.81. The molecular weight excluding hydrogens is 486 g/mol. The standard InChI is InChI=1S/C20H25N5O7S2/c1-4-9(5-2)15(19(30)31)25-17(29)13(18(25)33)10(6-3)22-16(28)14(24-32-7-12(26)27)11-8-34-20(21)23-11/h4,8,10,13,18,33H,1,5-7H2,2-3H3,(H2,21,23)(H,22,28)(H,26,27)(H,30,31)/b15-9-,24-14-/t10?,13-,18-/m1/s1. The predicted octanol–water partition coefficient (Wildman–Crippen LogP) is 1.07. The summed E-state index contributed by atoms with van der Waals surface area (Å²) >= 11 is 5.48. The number of thiol groups is 1. The van der Waals surface area contributed by atoms with Crippen molar-refractivity contribution in [2.45, 2.75) is 38.1 Å². The fraction of sp³-hybridized carbons (Fsp3) is 0.400. The van der Waals surface area contributed by atoms with Crippen LogP contribution in [0.5, 0.6) is 0 Å². The third-order valence-corrected chi connectivity index (χ3v) is 6.22. The van der Waals surface area contributed by atoms with Crippen molar-refractivity contribution in [3.63, 3.8) is 0 Å². The van der Waals surface area contributed by atoms with Crippen molar-refractivity contribution in [1.29, 1.82) is 0 Å². The van der Waals surface area contributed by atoms with E-state index in [1.54, 1.807) is 13.8 Å². The number of hydrogen-bond acceptors (Lipinski definition) is 10. The summed E-state index contributed by atoms with van der Waals surface area (Å²) in [5.41, 5.74) is 5.53. The molecule has 5 N–H and O–H groups in total. The van der Waals surface area contributed by atoms with Crippen molar-refractivity contribution >= 4 is 58.6 Å². The van der Waals surface area contributed by atoms with Crippen molar-refractivity contribution in [2.75, 3.05) is 12.3 Å². The van der Waals surface area contributed by atoms with E-state index < -0.39 is 47.7 Å². The van der Waals surface area contributed by atoms with Gasteiger partial charge in [-0.05, 0) is 18.4 Å². The van der Waals surface area contributed by atoms with Crippen LogP contribution in [0.2, 0.25) is 0 Å². The first-order valence-electron chi connectivity index (χ1n) is 10.1. The first-order chi connectivity index (χ1) is 16.1. The van der Waals surface area contributed by atoms with Gasteiger partial charge in [0.15, 0.2) is 10.8 Å². The van der Waals surface area contributed by atoms with Crippen LogP contribution in [0.1, 0.15) is 32.4 Å². The zero-order chi connectivity index (χ0) is 25.6. The number of nitrogens with zero attached hydrogens (tertiary/aromatic N) is 3. The third kappa shape index (κ3) is 5.75. The molecule has 0 saturated carbocycles. The van der Waals surface area contributed by atoms with Gasteiger partial charge in [-0.3, -0.25) is 14.5 Å². The zero-order valence-electron chi connectivity index (χ0n) is 18.4. The summed E-state index contributed by atoms with van der Waals surface area (Å²) in [6.45, 7) is 6.29. The number of β-lactam (4-membered cyclic amide) rings is 1. The molecule has 184 valence electrons. The molecule has 0 bridgehead atoms. The summed E-state index contributed by atoms with van der Waals surface area (Å²) in [5.74, 6) is -4.69. The number of carbonyl (C=O) groups excluding carboxylic acids is 2. The minimum absolute atomic E-state index is 0.0684. The number of rotatable bonds is 12. The van der Waals surface area contributed by atoms with Gasteiger partial charge in [0.05, 0.1) is 11.3 Å². The van der Waals surface area contributed by atoms with Crippen LogP contribution in [0.3, 0.4) is 0 Å². The maximum atomic E-state index is 13.0. The van der Waals surface area contributed by atoms with Gasteiger partial charge >= 0.3 is 11.9 Å². The molecule has 1 unspecified atom stereocenters. The number of nitrogens with two attached hydrogens (primary N) is 1. The number of likely N-dealkylation sites (tertiary alicyclic amines) is 1. The van der Waals surface area contributed by atoms with E-state index in [-0.39, 0.29) is 22.2 Å². The highest BCUT2D eigenvalue weighted by atomic mass is 32.1. The van der Waals surface area contributed by atoms with Crippen LogP contribution < -0.4 is 11.1 Å². The minimum atomic E-state index is -1.29. The van der Waals surface area contributed by atoms with Gasteiger partial charge in [0.1, 0.15) is 11.4 Å². The Labute approximate surface area is 204 Å². The number of carboxylic acids is 2. The Morgan fingerprint density at radius 3 is 2.56 bits per heavy atom. The Morgan fingerprint density at radius 1 is 1.44 bits per heavy atom. The van der Waals surface area contributed by atoms with Gasteiger partial charge in [-0.25, -0.2) is 14.6 Å². The molecule has 1 aliphatic heterocycles. The Kier molecular flexibility index (Phi) is 9.20. The van der Waals surface area contributed by atoms with Gasteiger partial charge in [-0.1, -0.05) is 31.7 Å². The van der Waals surface area contributed by atoms with Gasteiger partial charge in [0, 0.05) is 11.4 Å². The van der Waals surface area contributed by atoms with Crippen LogP contribution in [-0.2, 0) is 24.0 Å². The molecule has 1 aromatic heterocycles. The van der Waals surface area contributed by atoms with Gasteiger partial charge in [-0.15, -0.1) is 11.3 Å². The maximum Gasteiger partial charge on any atom is 0.352 e. The average Bonchev–Trinajstić information content (AvgIpc) is 3.21. The number of nitrogens with one attached hydrogen (secondary N) is 1. The highest BCUT2D eigenvalue weighted by Gasteiger charge is 2.52. The molecule has 0 aliphatic carbocycles. The molecule has 1 aromatic rings. The zero-order valence-corrected chi connectivity index (χ0v) is 20.1. The smallest absolute Gasteiger partial charge is 0.352 e. The molecule has 1 saturated heterocycles. The first kappa shape index (κ1) is 26.9. The SMILES string of the molecule is C=C/C(CC)=C(\C(=O)O)N1C(=O)[C@@H](C(CC)NC(=O)/C(=N\OCC(=O)O)c2csc(N)n2)[C@H]1S. The van der Waals surface area contributed by atoms with Crippen molar-refractivity contribution in [3.05, 3.63) is 35.0 Å². The Morgan fingerprint density at radius 2 is 2.12 bits per heavy atom. The summed E-state index contributed by atoms with van der Waals surface area (Å²) in [6.07, 6.45) is 2.04. The Bertz CT molecular complexity index is 1050. The lowest BCUT2D eigenvalue weighted by Crippen LogP contribution is -2.65. The number of oxime groups is 1. The van der Waals surface area contributed by atoms with Crippen molar-refractivity contribution in [3.8, 4) is 0 Å². The fourth-order valence-corrected chi connectivity index (χ4v) is 4.47. The molecule has 34 heavy (non-hydrogen) atoms. The number of allylic oxidation sites excluding steroid dienone is 2. The van der Waals surface area contributed by atoms with E-state index in [0.717, 1.165) is 16.2 Å². The van der Waals surface area contributed by atoms with Crippen LogP contribution in [-0.4, -0.2) is 67.6 Å². The number of carboxylic acid groups (broad SMARTS) is 2. The molecule has 14 heteroatoms. The molecule has 0 aromatic carbocycles. The van der Waals surface area contributed by atoms with Crippen molar-refractivity contribution in [2.24, 2.45) is 11.1 Å². The number of thiazole rings is 1. The molecule has 2 amide bonds. The second-order valence-corrected chi connectivity index (χ2v) is 8.47. The van der Waals surface area contributed by atoms with Crippen LogP contribution in [0.25, 0.3) is 0 Å². The number of carbonyl (C=O) groups is 4. The van der Waals surface area contributed by atoms with E-state index in [4.69, 9.17) is 15.7 Å². The molecule has 0 spiro atoms. The van der Waals surface area contributed by atoms with Gasteiger partial charge in [-0.2, -0.15) is 12.6 Å². The van der Waals surface area contributed by atoms with Crippen LogP contribution >= 0.6 is 24.0 Å². The van der Waals surface area contributed by atoms with Crippen LogP contribution in [0, 0.1) is 5.92 Å². The summed E-state index contributed by atoms with van der Waals surface area (Å²) in [7, 11) is 0. The number of anilines is 1. The second-order valence-electron chi connectivity index (χ2n) is 7.05. The minimum Gasteiger partial charge on any atom is -0.479 e. The molecular formula is C20H25N5O7S2. The van der Waals surface area contributed by atoms with E-state index >= 15 is 0 Å². The maximum absolute atomic E-state index is 13.0. The molecule has 3 atom stereocenters. The Hall–Kier alpha value is -3.39. The van der Waals surface area contributed by atoms with Crippen LogP contribution in [0.4, 0.5) is 5.13 Å². The number of nitrogen functional groups attached to an aromatic ring is 1. The quantitative estimate of drug-likeness (QED) is 0.0684. The number of hydrogen-bond donors (Lipinski definition) is 5. The number of aromatic nitrogens is 1. The molecule has 0 radical (unpaired) electrons. The molecule has 12 nitrogen and oxygen atoms in total. The van der Waals surface area contributed by atoms with Crippen molar-refractivity contribution in [1.82, 2.24) is 15.2 Å². The normalized spacial score (nSPS) is 19.6. The largest absolute Gasteiger partial charge is 0.479 e. The van der Waals surface area contributed by atoms with E-state index in [1.807, 2.05) is 0 Å². The summed E-state index contributed by atoms with van der Waals surface area (Å²) in [5, 5.41) is 25.4. The molecule has 2 rings (SSSR count). The molecule has 1 fully saturated rings. The lowest BCUT2D eigenvalue weighted by Gasteiger charge is -2.48. The summed E-state index contributed by atoms with van der Waals surface area (Å²) in [4.78, 5) is 58.2. The van der Waals surface area contributed by atoms with Gasteiger partial charge in [0.2, 0.25) is 12.5 Å². The van der Waals surface area contributed by atoms with E-state index in [9.17, 15) is 24.3 Å². The van der Waals surface area contributed by atoms with Crippen molar-refractivity contribution < 1.29 is 34.2 Å². The monoisotopic (exact) mass is 511 g/mol. The second kappa shape index (κ2) is 11.7. The molecule has 2 heterocycles. The Balaban J connectivity index is 2.27. The fourth-order valence-electron chi connectivity index (χ4n) is 3.36.